The van der Waals surface area contributed by atoms with E-state index in [1.807, 2.05) is 6.07 Å². The zero-order valence-electron chi connectivity index (χ0n) is 10.4. The molecule has 2 N–H and O–H groups in total. The Morgan fingerprint density at radius 2 is 1.67 bits per heavy atom. The van der Waals surface area contributed by atoms with E-state index in [9.17, 15) is 9.59 Å². The van der Waals surface area contributed by atoms with Crippen molar-refractivity contribution in [1.82, 2.24) is 9.97 Å². The number of hydrogen-bond donors (Lipinski definition) is 2. The topological polar surface area (TPSA) is 100 Å². The van der Waals surface area contributed by atoms with Gasteiger partial charge >= 0.3 is 11.9 Å². The van der Waals surface area contributed by atoms with Crippen LogP contribution in [-0.2, 0) is 22.4 Å². The van der Waals surface area contributed by atoms with E-state index in [-0.39, 0.29) is 27.9 Å². The molecule has 0 aliphatic heterocycles. The van der Waals surface area contributed by atoms with Crippen molar-refractivity contribution in [2.24, 2.45) is 0 Å². The molecule has 0 unspecified atom stereocenters. The molecular formula is C14H8AgN2O4. The SMILES string of the molecule is O=C(O)c1cc2ccc3cccnc3c2nc1C(=O)O.[Ag]. The molecule has 0 aliphatic rings. The fraction of sp³-hybridized carbons (Fsp3) is 0. The van der Waals surface area contributed by atoms with Crippen molar-refractivity contribution in [3.63, 3.8) is 0 Å². The fourth-order valence-electron chi connectivity index (χ4n) is 2.10. The van der Waals surface area contributed by atoms with Gasteiger partial charge in [-0.2, -0.15) is 0 Å². The number of benzene rings is 1. The van der Waals surface area contributed by atoms with E-state index < -0.39 is 17.6 Å². The molecule has 0 amide bonds. The van der Waals surface area contributed by atoms with Crippen LogP contribution in [0.15, 0.2) is 36.5 Å². The summed E-state index contributed by atoms with van der Waals surface area (Å²) in [7, 11) is 0. The van der Waals surface area contributed by atoms with Crippen molar-refractivity contribution in [3.8, 4) is 0 Å². The number of aromatic nitrogens is 2. The zero-order chi connectivity index (χ0) is 14.3. The maximum Gasteiger partial charge on any atom is 0.355 e. The second-order valence-corrected chi connectivity index (χ2v) is 4.21. The van der Waals surface area contributed by atoms with Gasteiger partial charge in [-0.05, 0) is 12.1 Å². The van der Waals surface area contributed by atoms with Gasteiger partial charge in [0.05, 0.1) is 16.6 Å². The first-order valence-electron chi connectivity index (χ1n) is 5.73. The van der Waals surface area contributed by atoms with Gasteiger partial charge in [0, 0.05) is 39.3 Å². The molecular weight excluding hydrogens is 368 g/mol. The minimum atomic E-state index is -1.38. The molecule has 0 atom stereocenters. The molecule has 6 nitrogen and oxygen atoms in total. The van der Waals surface area contributed by atoms with E-state index >= 15 is 0 Å². The first kappa shape index (κ1) is 15.1. The van der Waals surface area contributed by atoms with Crippen LogP contribution in [0.5, 0.6) is 0 Å². The molecule has 7 heteroatoms. The number of fused-ring (bicyclic) bond motifs is 3. The van der Waals surface area contributed by atoms with E-state index in [4.69, 9.17) is 10.2 Å². The molecule has 0 aliphatic carbocycles. The van der Waals surface area contributed by atoms with E-state index in [1.54, 1.807) is 24.4 Å². The van der Waals surface area contributed by atoms with Gasteiger partial charge in [0.1, 0.15) is 0 Å². The molecule has 3 rings (SSSR count). The minimum Gasteiger partial charge on any atom is -0.478 e. The maximum absolute atomic E-state index is 11.2. The summed E-state index contributed by atoms with van der Waals surface area (Å²) in [6, 6.07) is 8.39. The summed E-state index contributed by atoms with van der Waals surface area (Å²) in [5.41, 5.74) is 0.110. The summed E-state index contributed by atoms with van der Waals surface area (Å²) in [6.07, 6.45) is 1.58. The second-order valence-electron chi connectivity index (χ2n) is 4.21. The third-order valence-corrected chi connectivity index (χ3v) is 2.99. The Labute approximate surface area is 134 Å². The van der Waals surface area contributed by atoms with Crippen molar-refractivity contribution in [3.05, 3.63) is 47.8 Å². The van der Waals surface area contributed by atoms with E-state index in [1.165, 1.54) is 6.07 Å². The first-order valence-corrected chi connectivity index (χ1v) is 5.73. The Hall–Kier alpha value is -2.28. The van der Waals surface area contributed by atoms with Crippen LogP contribution >= 0.6 is 0 Å². The first-order chi connectivity index (χ1) is 9.58. The molecule has 0 spiro atoms. The van der Waals surface area contributed by atoms with Crippen LogP contribution in [-0.4, -0.2) is 32.1 Å². The van der Waals surface area contributed by atoms with Gasteiger partial charge in [-0.25, -0.2) is 14.6 Å². The minimum absolute atomic E-state index is 0. The molecule has 21 heavy (non-hydrogen) atoms. The Morgan fingerprint density at radius 1 is 0.952 bits per heavy atom. The van der Waals surface area contributed by atoms with Gasteiger partial charge in [-0.1, -0.05) is 18.2 Å². The van der Waals surface area contributed by atoms with Gasteiger partial charge in [0.25, 0.3) is 0 Å². The quantitative estimate of drug-likeness (QED) is 0.525. The number of carboxylic acids is 2. The number of aromatic carboxylic acids is 2. The maximum atomic E-state index is 11.2. The van der Waals surface area contributed by atoms with Crippen LogP contribution in [0.1, 0.15) is 20.8 Å². The molecule has 0 saturated heterocycles. The van der Waals surface area contributed by atoms with Gasteiger partial charge in [-0.3, -0.25) is 4.98 Å². The molecule has 1 radical (unpaired) electrons. The Balaban J connectivity index is 0.00000161. The van der Waals surface area contributed by atoms with Crippen LogP contribution in [0, 0.1) is 0 Å². The number of pyridine rings is 2. The largest absolute Gasteiger partial charge is 0.478 e. The van der Waals surface area contributed by atoms with Crippen LogP contribution in [0.4, 0.5) is 0 Å². The van der Waals surface area contributed by atoms with E-state index in [2.05, 4.69) is 9.97 Å². The summed E-state index contributed by atoms with van der Waals surface area (Å²) in [6.45, 7) is 0. The Bertz CT molecular complexity index is 879. The van der Waals surface area contributed by atoms with Gasteiger partial charge in [0.2, 0.25) is 0 Å². The van der Waals surface area contributed by atoms with Crippen molar-refractivity contribution in [2.75, 3.05) is 0 Å². The molecule has 1 aromatic carbocycles. The molecule has 3 aromatic rings. The molecule has 0 bridgehead atoms. The fourth-order valence-corrected chi connectivity index (χ4v) is 2.10. The van der Waals surface area contributed by atoms with Gasteiger partial charge in [0.15, 0.2) is 5.69 Å². The smallest absolute Gasteiger partial charge is 0.355 e. The van der Waals surface area contributed by atoms with Crippen molar-refractivity contribution in [1.29, 1.82) is 0 Å². The molecule has 109 valence electrons. The average molecular weight is 376 g/mol. The Morgan fingerprint density at radius 3 is 2.33 bits per heavy atom. The number of nitrogens with zero attached hydrogens (tertiary/aromatic N) is 2. The molecule has 0 fully saturated rings. The summed E-state index contributed by atoms with van der Waals surface area (Å²) in [4.78, 5) is 30.4. The summed E-state index contributed by atoms with van der Waals surface area (Å²) >= 11 is 0. The van der Waals surface area contributed by atoms with Crippen LogP contribution in [0.2, 0.25) is 0 Å². The standard InChI is InChI=1S/C14H8N2O4.Ag/c17-13(18)9-6-8-4-3-7-2-1-5-15-10(7)11(8)16-12(9)14(19)20;/h1-6H,(H,17,18)(H,19,20);. The molecule has 2 aromatic heterocycles. The normalized spacial score (nSPS) is 10.3. The van der Waals surface area contributed by atoms with Crippen LogP contribution in [0.25, 0.3) is 21.8 Å². The predicted molar refractivity (Wildman–Crippen MR) is 71.0 cm³/mol. The van der Waals surface area contributed by atoms with Crippen molar-refractivity contribution in [2.45, 2.75) is 0 Å². The number of hydrogen-bond acceptors (Lipinski definition) is 4. The van der Waals surface area contributed by atoms with Crippen LogP contribution in [0.3, 0.4) is 0 Å². The van der Waals surface area contributed by atoms with Crippen LogP contribution < -0.4 is 0 Å². The number of carbonyl (C=O) groups is 2. The van der Waals surface area contributed by atoms with Crippen molar-refractivity contribution < 1.29 is 42.2 Å². The monoisotopic (exact) mass is 375 g/mol. The summed E-state index contributed by atoms with van der Waals surface area (Å²) < 4.78 is 0. The Kier molecular flexibility index (Phi) is 4.04. The van der Waals surface area contributed by atoms with E-state index in [0.29, 0.717) is 16.4 Å². The van der Waals surface area contributed by atoms with Gasteiger partial charge in [-0.15, -0.1) is 0 Å². The molecule has 2 heterocycles. The van der Waals surface area contributed by atoms with E-state index in [0.717, 1.165) is 5.39 Å². The van der Waals surface area contributed by atoms with Crippen molar-refractivity contribution >= 4 is 33.7 Å². The third-order valence-electron chi connectivity index (χ3n) is 2.99. The summed E-state index contributed by atoms with van der Waals surface area (Å²) in [5, 5.41) is 19.5. The second kappa shape index (κ2) is 5.61. The van der Waals surface area contributed by atoms with Gasteiger partial charge < -0.3 is 10.2 Å². The number of carboxylic acid groups (broad SMARTS) is 2. The summed E-state index contributed by atoms with van der Waals surface area (Å²) in [5.74, 6) is -2.70. The number of rotatable bonds is 2. The average Bonchev–Trinajstić information content (AvgIpc) is 2.45. The zero-order valence-corrected chi connectivity index (χ0v) is 11.9. The molecule has 0 saturated carbocycles. The third kappa shape index (κ3) is 2.52. The predicted octanol–water partition coefficient (Wildman–Crippen LogP) is 2.18.